The average Bonchev–Trinajstić information content (AvgIpc) is 2.98. The molecule has 0 radical (unpaired) electrons. The molecule has 1 atom stereocenters. The van der Waals surface area contributed by atoms with Gasteiger partial charge in [-0.2, -0.15) is 26.3 Å². The normalized spacial score (nSPS) is 13.1. The predicted octanol–water partition coefficient (Wildman–Crippen LogP) is 5.51. The maximum atomic E-state index is 14.9. The van der Waals surface area contributed by atoms with Gasteiger partial charge in [0.15, 0.2) is 0 Å². The molecule has 2 aromatic carbocycles. The number of ether oxygens (including phenoxy) is 1. The summed E-state index contributed by atoms with van der Waals surface area (Å²) < 4.78 is 101. The van der Waals surface area contributed by atoms with Crippen LogP contribution in [0.4, 0.5) is 35.5 Å². The number of carboxylic acid groups (broad SMARTS) is 1. The van der Waals surface area contributed by atoms with Gasteiger partial charge in [0, 0.05) is 31.6 Å². The van der Waals surface area contributed by atoms with Crippen molar-refractivity contribution < 1.29 is 55.0 Å². The van der Waals surface area contributed by atoms with Gasteiger partial charge in [-0.05, 0) is 41.8 Å². The molecule has 17 heteroatoms. The molecule has 0 aliphatic rings. The molecule has 0 unspecified atom stereocenters. The number of aliphatic carboxylic acids is 1. The minimum Gasteiger partial charge on any atom is -0.481 e. The van der Waals surface area contributed by atoms with Crippen molar-refractivity contribution in [2.75, 3.05) is 13.1 Å². The first-order chi connectivity index (χ1) is 21.5. The molecular formula is C29H26ClF7N4O5. The number of carbonyl (C=O) groups excluding carboxylic acids is 2. The predicted molar refractivity (Wildman–Crippen MR) is 150 cm³/mol. The summed E-state index contributed by atoms with van der Waals surface area (Å²) in [5.74, 6) is -9.49. The van der Waals surface area contributed by atoms with E-state index in [2.05, 4.69) is 15.0 Å². The van der Waals surface area contributed by atoms with Gasteiger partial charge in [0.25, 0.3) is 5.91 Å². The molecular weight excluding hydrogens is 653 g/mol. The van der Waals surface area contributed by atoms with Crippen LogP contribution in [0.3, 0.4) is 0 Å². The molecule has 0 spiro atoms. The van der Waals surface area contributed by atoms with Crippen LogP contribution >= 0.6 is 11.6 Å². The van der Waals surface area contributed by atoms with Gasteiger partial charge in [0.2, 0.25) is 0 Å². The standard InChI is InChI=1S/C29H26ClF7N4O5/c30-19-8-9-22(39-15-19)27(14-17-5-2-1-3-6-17,18-11-20(31)13-21(12-18)46-29(36,37)24(32)33)41-26(45)40-16-28(34,35)25(44)38-10-4-7-23(42)43/h1-3,5-6,8-9,11-13,15,24H,4,7,10,14,16H2,(H,38,44)(H,42,43)(H2,40,41,45)/t27-/m0/s1. The number of hydrogen-bond acceptors (Lipinski definition) is 5. The number of halogens is 8. The second-order valence-corrected chi connectivity index (χ2v) is 10.3. The first-order valence-corrected chi connectivity index (χ1v) is 13.7. The van der Waals surface area contributed by atoms with Crippen molar-refractivity contribution in [2.24, 2.45) is 0 Å². The van der Waals surface area contributed by atoms with Gasteiger partial charge in [-0.25, -0.2) is 9.18 Å². The van der Waals surface area contributed by atoms with Gasteiger partial charge in [-0.3, -0.25) is 14.6 Å². The molecule has 9 nitrogen and oxygen atoms in total. The molecule has 0 aliphatic heterocycles. The summed E-state index contributed by atoms with van der Waals surface area (Å²) in [5.41, 5.74) is -2.14. The summed E-state index contributed by atoms with van der Waals surface area (Å²) in [6.45, 7) is -1.94. The lowest BCUT2D eigenvalue weighted by Crippen LogP contribution is -2.55. The number of pyridine rings is 1. The van der Waals surface area contributed by atoms with Crippen molar-refractivity contribution >= 4 is 29.5 Å². The first kappa shape index (κ1) is 35.9. The molecule has 1 heterocycles. The summed E-state index contributed by atoms with van der Waals surface area (Å²) in [4.78, 5) is 39.9. The van der Waals surface area contributed by atoms with Crippen LogP contribution in [-0.4, -0.2) is 59.5 Å². The number of amides is 3. The number of rotatable bonds is 15. The smallest absolute Gasteiger partial charge is 0.461 e. The fraction of sp³-hybridized carbons (Fsp3) is 0.310. The third-order valence-electron chi connectivity index (χ3n) is 6.33. The van der Waals surface area contributed by atoms with Crippen molar-refractivity contribution in [1.82, 2.24) is 20.9 Å². The molecule has 3 rings (SSSR count). The van der Waals surface area contributed by atoms with E-state index < -0.39 is 60.0 Å². The van der Waals surface area contributed by atoms with E-state index in [1.165, 1.54) is 12.1 Å². The van der Waals surface area contributed by atoms with Gasteiger partial charge in [-0.15, -0.1) is 0 Å². The molecule has 1 aromatic heterocycles. The highest BCUT2D eigenvalue weighted by molar-refractivity contribution is 6.30. The van der Waals surface area contributed by atoms with Crippen molar-refractivity contribution in [3.05, 3.63) is 94.5 Å². The second kappa shape index (κ2) is 15.1. The number of alkyl halides is 6. The SMILES string of the molecule is O=C(O)CCCNC(=O)C(F)(F)CNC(=O)N[C@@](Cc1ccccc1)(c1cc(F)cc(OC(F)(F)C(F)F)c1)c1ccc(Cl)cn1. The van der Waals surface area contributed by atoms with Crippen LogP contribution in [0.2, 0.25) is 5.02 Å². The zero-order valence-electron chi connectivity index (χ0n) is 23.5. The van der Waals surface area contributed by atoms with Crippen LogP contribution in [0.1, 0.15) is 29.7 Å². The zero-order valence-corrected chi connectivity index (χ0v) is 24.3. The zero-order chi connectivity index (χ0) is 34.1. The van der Waals surface area contributed by atoms with E-state index in [-0.39, 0.29) is 42.1 Å². The van der Waals surface area contributed by atoms with Gasteiger partial charge in [0.1, 0.15) is 17.1 Å². The lowest BCUT2D eigenvalue weighted by Gasteiger charge is -2.36. The van der Waals surface area contributed by atoms with E-state index in [0.717, 1.165) is 18.3 Å². The van der Waals surface area contributed by atoms with Crippen molar-refractivity contribution in [2.45, 2.75) is 43.3 Å². The third-order valence-corrected chi connectivity index (χ3v) is 6.56. The molecule has 0 bridgehead atoms. The summed E-state index contributed by atoms with van der Waals surface area (Å²) in [5, 5.41) is 14.8. The van der Waals surface area contributed by atoms with E-state index >= 15 is 0 Å². The number of urea groups is 1. The highest BCUT2D eigenvalue weighted by Gasteiger charge is 2.45. The monoisotopic (exact) mass is 678 g/mol. The Kier molecular flexibility index (Phi) is 11.8. The summed E-state index contributed by atoms with van der Waals surface area (Å²) in [6, 6.07) is 11.1. The lowest BCUT2D eigenvalue weighted by atomic mass is 9.80. The van der Waals surface area contributed by atoms with Crippen LogP contribution in [0.25, 0.3) is 0 Å². The quantitative estimate of drug-likeness (QED) is 0.124. The topological polar surface area (TPSA) is 130 Å². The van der Waals surface area contributed by atoms with Gasteiger partial charge in [0.05, 0.1) is 17.3 Å². The Morgan fingerprint density at radius 1 is 0.978 bits per heavy atom. The summed E-state index contributed by atoms with van der Waals surface area (Å²) in [7, 11) is 0. The number of carboxylic acids is 1. The van der Waals surface area contributed by atoms with E-state index in [1.807, 2.05) is 10.6 Å². The van der Waals surface area contributed by atoms with E-state index in [1.54, 1.807) is 30.3 Å². The number of nitrogens with zero attached hydrogens (tertiary/aromatic N) is 1. The lowest BCUT2D eigenvalue weighted by molar-refractivity contribution is -0.253. The Balaban J connectivity index is 2.03. The molecule has 3 aromatic rings. The van der Waals surface area contributed by atoms with Gasteiger partial charge in [-0.1, -0.05) is 41.9 Å². The van der Waals surface area contributed by atoms with Crippen LogP contribution < -0.4 is 20.7 Å². The first-order valence-electron chi connectivity index (χ1n) is 13.3. The number of nitrogens with one attached hydrogen (secondary N) is 3. The van der Waals surface area contributed by atoms with Crippen LogP contribution in [-0.2, 0) is 21.5 Å². The number of aromatic nitrogens is 1. The average molecular weight is 679 g/mol. The Labute approximate surface area is 262 Å². The van der Waals surface area contributed by atoms with Gasteiger partial charge < -0.3 is 25.8 Å². The molecule has 0 saturated carbocycles. The molecule has 0 saturated heterocycles. The molecule has 4 N–H and O–H groups in total. The maximum absolute atomic E-state index is 14.9. The Bertz CT molecular complexity index is 1520. The fourth-order valence-electron chi connectivity index (χ4n) is 4.20. The second-order valence-electron chi connectivity index (χ2n) is 9.83. The molecule has 0 aliphatic carbocycles. The number of benzene rings is 2. The molecule has 248 valence electrons. The summed E-state index contributed by atoms with van der Waals surface area (Å²) in [6.07, 6.45) is -9.04. The molecule has 0 fully saturated rings. The molecule has 3 amide bonds. The minimum absolute atomic E-state index is 0.107. The van der Waals surface area contributed by atoms with Crippen LogP contribution in [0, 0.1) is 5.82 Å². The van der Waals surface area contributed by atoms with E-state index in [9.17, 15) is 45.1 Å². The highest BCUT2D eigenvalue weighted by atomic mass is 35.5. The van der Waals surface area contributed by atoms with Crippen LogP contribution in [0.15, 0.2) is 66.9 Å². The van der Waals surface area contributed by atoms with Crippen molar-refractivity contribution in [3.8, 4) is 5.75 Å². The largest absolute Gasteiger partial charge is 0.481 e. The summed E-state index contributed by atoms with van der Waals surface area (Å²) >= 11 is 5.97. The van der Waals surface area contributed by atoms with E-state index in [0.29, 0.717) is 11.6 Å². The minimum atomic E-state index is -5.03. The molecule has 46 heavy (non-hydrogen) atoms. The Hall–Kier alpha value is -4.60. The number of carbonyl (C=O) groups is 3. The third kappa shape index (κ3) is 9.70. The maximum Gasteiger partial charge on any atom is 0.461 e. The van der Waals surface area contributed by atoms with Gasteiger partial charge >= 0.3 is 30.5 Å². The fourth-order valence-corrected chi connectivity index (χ4v) is 4.31. The van der Waals surface area contributed by atoms with Crippen molar-refractivity contribution in [1.29, 1.82) is 0 Å². The Morgan fingerprint density at radius 3 is 2.28 bits per heavy atom. The van der Waals surface area contributed by atoms with E-state index in [4.69, 9.17) is 16.7 Å². The number of hydrogen-bond donors (Lipinski definition) is 4. The Morgan fingerprint density at radius 2 is 1.67 bits per heavy atom. The van der Waals surface area contributed by atoms with Crippen molar-refractivity contribution in [3.63, 3.8) is 0 Å². The highest BCUT2D eigenvalue weighted by Crippen LogP contribution is 2.37. The van der Waals surface area contributed by atoms with Crippen LogP contribution in [0.5, 0.6) is 5.75 Å².